The lowest BCUT2D eigenvalue weighted by atomic mass is 10.2. The molecule has 0 spiro atoms. The Morgan fingerprint density at radius 1 is 1.41 bits per heavy atom. The molecule has 1 aliphatic rings. The summed E-state index contributed by atoms with van der Waals surface area (Å²) in [7, 11) is 0. The SMILES string of the molecule is Cc1cn(CC(F)(F)F)c(NC2CCCC2)n1. The second-order valence-corrected chi connectivity index (χ2v) is 4.57. The molecule has 0 aliphatic heterocycles. The molecule has 0 radical (unpaired) electrons. The van der Waals surface area contributed by atoms with Crippen LogP contribution in [-0.2, 0) is 6.54 Å². The zero-order valence-corrected chi connectivity index (χ0v) is 9.72. The van der Waals surface area contributed by atoms with Gasteiger partial charge in [0.1, 0.15) is 6.54 Å². The standard InChI is InChI=1S/C11H16F3N3/c1-8-6-17(7-11(12,13)14)10(15-8)16-9-4-2-3-5-9/h6,9H,2-5,7H2,1H3,(H,15,16). The number of rotatable bonds is 3. The third kappa shape index (κ3) is 3.38. The van der Waals surface area contributed by atoms with E-state index in [0.717, 1.165) is 30.3 Å². The Balaban J connectivity index is 2.09. The van der Waals surface area contributed by atoms with Gasteiger partial charge in [-0.3, -0.25) is 0 Å². The van der Waals surface area contributed by atoms with Gasteiger partial charge in [0.2, 0.25) is 5.95 Å². The van der Waals surface area contributed by atoms with Crippen molar-refractivity contribution < 1.29 is 13.2 Å². The van der Waals surface area contributed by atoms with Gasteiger partial charge < -0.3 is 9.88 Å². The summed E-state index contributed by atoms with van der Waals surface area (Å²) in [6, 6.07) is 0.267. The summed E-state index contributed by atoms with van der Waals surface area (Å²) in [5.41, 5.74) is 0.606. The van der Waals surface area contributed by atoms with Gasteiger partial charge in [-0.25, -0.2) is 4.98 Å². The van der Waals surface area contributed by atoms with Crippen LogP contribution in [0.5, 0.6) is 0 Å². The summed E-state index contributed by atoms with van der Waals surface area (Å²) in [5.74, 6) is 0.340. The molecule has 1 aromatic rings. The first-order chi connectivity index (χ1) is 7.94. The minimum Gasteiger partial charge on any atom is -0.353 e. The van der Waals surface area contributed by atoms with Crippen LogP contribution in [0.15, 0.2) is 6.20 Å². The van der Waals surface area contributed by atoms with Crippen LogP contribution in [-0.4, -0.2) is 21.8 Å². The third-order valence-corrected chi connectivity index (χ3v) is 2.94. The number of hydrogen-bond donors (Lipinski definition) is 1. The average molecular weight is 247 g/mol. The number of imidazole rings is 1. The lowest BCUT2D eigenvalue weighted by Crippen LogP contribution is -2.22. The maximum absolute atomic E-state index is 12.4. The van der Waals surface area contributed by atoms with Gasteiger partial charge in [0.15, 0.2) is 0 Å². The number of nitrogens with one attached hydrogen (secondary N) is 1. The number of anilines is 1. The van der Waals surface area contributed by atoms with Gasteiger partial charge in [-0.2, -0.15) is 13.2 Å². The summed E-state index contributed by atoms with van der Waals surface area (Å²) >= 11 is 0. The van der Waals surface area contributed by atoms with E-state index in [9.17, 15) is 13.2 Å². The van der Waals surface area contributed by atoms with Crippen LogP contribution in [0, 0.1) is 6.92 Å². The van der Waals surface area contributed by atoms with E-state index in [0.29, 0.717) is 11.6 Å². The van der Waals surface area contributed by atoms with E-state index < -0.39 is 12.7 Å². The highest BCUT2D eigenvalue weighted by molar-refractivity contribution is 5.30. The molecule has 0 atom stereocenters. The highest BCUT2D eigenvalue weighted by Gasteiger charge is 2.29. The van der Waals surface area contributed by atoms with E-state index in [2.05, 4.69) is 10.3 Å². The topological polar surface area (TPSA) is 29.9 Å². The number of hydrogen-bond acceptors (Lipinski definition) is 2. The van der Waals surface area contributed by atoms with Crippen molar-refractivity contribution in [2.45, 2.75) is 51.4 Å². The minimum atomic E-state index is -4.21. The first kappa shape index (κ1) is 12.3. The van der Waals surface area contributed by atoms with Crippen molar-refractivity contribution in [1.82, 2.24) is 9.55 Å². The predicted octanol–water partition coefficient (Wildman–Crippen LogP) is 3.11. The maximum atomic E-state index is 12.4. The van der Waals surface area contributed by atoms with E-state index in [1.807, 2.05) is 0 Å². The fourth-order valence-electron chi connectivity index (χ4n) is 2.23. The molecule has 6 heteroatoms. The number of aryl methyl sites for hydroxylation is 1. The summed E-state index contributed by atoms with van der Waals surface area (Å²) in [5, 5.41) is 3.10. The van der Waals surface area contributed by atoms with Gasteiger partial charge in [0.25, 0.3) is 0 Å². The fraction of sp³-hybridized carbons (Fsp3) is 0.727. The van der Waals surface area contributed by atoms with Gasteiger partial charge >= 0.3 is 6.18 Å². The largest absolute Gasteiger partial charge is 0.406 e. The summed E-state index contributed by atoms with van der Waals surface area (Å²) < 4.78 is 38.2. The van der Waals surface area contributed by atoms with Crippen LogP contribution in [0.4, 0.5) is 19.1 Å². The van der Waals surface area contributed by atoms with Crippen LogP contribution in [0.25, 0.3) is 0 Å². The quantitative estimate of drug-likeness (QED) is 0.889. The Kier molecular flexibility index (Phi) is 3.31. The van der Waals surface area contributed by atoms with Gasteiger partial charge in [-0.05, 0) is 19.8 Å². The highest BCUT2D eigenvalue weighted by Crippen LogP contribution is 2.24. The van der Waals surface area contributed by atoms with E-state index in [1.54, 1.807) is 6.92 Å². The van der Waals surface area contributed by atoms with Crippen molar-refractivity contribution in [3.05, 3.63) is 11.9 Å². The van der Waals surface area contributed by atoms with Crippen LogP contribution < -0.4 is 5.32 Å². The monoisotopic (exact) mass is 247 g/mol. The van der Waals surface area contributed by atoms with Crippen molar-refractivity contribution in [3.8, 4) is 0 Å². The molecule has 96 valence electrons. The molecule has 2 rings (SSSR count). The van der Waals surface area contributed by atoms with Gasteiger partial charge in [-0.1, -0.05) is 12.8 Å². The van der Waals surface area contributed by atoms with Crippen molar-refractivity contribution in [3.63, 3.8) is 0 Å². The van der Waals surface area contributed by atoms with Crippen LogP contribution >= 0.6 is 0 Å². The van der Waals surface area contributed by atoms with Gasteiger partial charge in [0, 0.05) is 12.2 Å². The predicted molar refractivity (Wildman–Crippen MR) is 58.9 cm³/mol. The highest BCUT2D eigenvalue weighted by atomic mass is 19.4. The molecule has 0 saturated heterocycles. The zero-order chi connectivity index (χ0) is 12.5. The van der Waals surface area contributed by atoms with Crippen molar-refractivity contribution >= 4 is 5.95 Å². The molecule has 17 heavy (non-hydrogen) atoms. The van der Waals surface area contributed by atoms with Crippen molar-refractivity contribution in [1.29, 1.82) is 0 Å². The van der Waals surface area contributed by atoms with Crippen molar-refractivity contribution in [2.75, 3.05) is 5.32 Å². The molecule has 3 nitrogen and oxygen atoms in total. The Bertz CT molecular complexity index is 378. The first-order valence-corrected chi connectivity index (χ1v) is 5.81. The number of halogens is 3. The Morgan fingerprint density at radius 3 is 2.65 bits per heavy atom. The first-order valence-electron chi connectivity index (χ1n) is 5.81. The van der Waals surface area contributed by atoms with Crippen LogP contribution in [0.2, 0.25) is 0 Å². The normalized spacial score (nSPS) is 17.6. The van der Waals surface area contributed by atoms with Crippen LogP contribution in [0.3, 0.4) is 0 Å². The molecular formula is C11H16F3N3. The third-order valence-electron chi connectivity index (χ3n) is 2.94. The summed E-state index contributed by atoms with van der Waals surface area (Å²) in [6.45, 7) is 0.718. The molecule has 1 heterocycles. The Hall–Kier alpha value is -1.20. The molecule has 1 aliphatic carbocycles. The van der Waals surface area contributed by atoms with Gasteiger partial charge in [0.05, 0.1) is 5.69 Å². The zero-order valence-electron chi connectivity index (χ0n) is 9.72. The number of alkyl halides is 3. The molecule has 0 bridgehead atoms. The average Bonchev–Trinajstić information content (AvgIpc) is 2.75. The molecule has 0 aromatic carbocycles. The Labute approximate surface area is 98.0 Å². The lowest BCUT2D eigenvalue weighted by Gasteiger charge is -2.15. The fourth-order valence-corrected chi connectivity index (χ4v) is 2.23. The number of nitrogens with zero attached hydrogens (tertiary/aromatic N) is 2. The maximum Gasteiger partial charge on any atom is 0.406 e. The summed E-state index contributed by atoms with van der Waals surface area (Å²) in [4.78, 5) is 4.11. The second kappa shape index (κ2) is 4.58. The van der Waals surface area contributed by atoms with E-state index in [4.69, 9.17) is 0 Å². The number of aromatic nitrogens is 2. The molecular weight excluding hydrogens is 231 g/mol. The van der Waals surface area contributed by atoms with Crippen LogP contribution in [0.1, 0.15) is 31.4 Å². The molecule has 0 unspecified atom stereocenters. The second-order valence-electron chi connectivity index (χ2n) is 4.57. The van der Waals surface area contributed by atoms with E-state index in [1.165, 1.54) is 6.20 Å². The lowest BCUT2D eigenvalue weighted by molar-refractivity contribution is -0.140. The molecule has 1 fully saturated rings. The molecule has 0 amide bonds. The van der Waals surface area contributed by atoms with E-state index >= 15 is 0 Å². The van der Waals surface area contributed by atoms with E-state index in [-0.39, 0.29) is 6.04 Å². The van der Waals surface area contributed by atoms with Gasteiger partial charge in [-0.15, -0.1) is 0 Å². The molecule has 1 aromatic heterocycles. The van der Waals surface area contributed by atoms with Crippen molar-refractivity contribution in [2.24, 2.45) is 0 Å². The summed E-state index contributed by atoms with van der Waals surface area (Å²) in [6.07, 6.45) is 1.52. The molecule has 1 N–H and O–H groups in total. The molecule has 1 saturated carbocycles. The Morgan fingerprint density at radius 2 is 2.06 bits per heavy atom. The smallest absolute Gasteiger partial charge is 0.353 e. The minimum absolute atomic E-state index is 0.267.